The number of urea groups is 1. The molecule has 4 amide bonds. The number of hydrogen-bond acceptors (Lipinski definition) is 4. The molecular weight excluding hydrogens is 314 g/mol. The molecule has 1 fully saturated rings. The predicted molar refractivity (Wildman–Crippen MR) is 88.9 cm³/mol. The number of hydrazine groups is 1. The number of nitrogens with one attached hydrogen (secondary N) is 2. The zero-order valence-corrected chi connectivity index (χ0v) is 14.4. The van der Waals surface area contributed by atoms with E-state index < -0.39 is 23.4 Å². The van der Waals surface area contributed by atoms with Crippen molar-refractivity contribution < 1.29 is 14.4 Å². The van der Waals surface area contributed by atoms with Gasteiger partial charge < -0.3 is 5.32 Å². The normalized spacial score (nSPS) is 20.7. The molecule has 0 spiro atoms. The monoisotopic (exact) mass is 337 g/mol. The lowest BCUT2D eigenvalue weighted by molar-refractivity contribution is -0.132. The van der Waals surface area contributed by atoms with E-state index >= 15 is 0 Å². The minimum Gasteiger partial charge on any atom is -0.322 e. The summed E-state index contributed by atoms with van der Waals surface area (Å²) in [5.41, 5.74) is 1.88. The maximum absolute atomic E-state index is 12.5. The molecule has 0 aliphatic carbocycles. The third-order valence-electron chi connectivity index (χ3n) is 4.04. The van der Waals surface area contributed by atoms with Crippen LogP contribution in [-0.2, 0) is 4.79 Å². The average molecular weight is 337 g/mol. The summed E-state index contributed by atoms with van der Waals surface area (Å²) < 4.78 is 0. The van der Waals surface area contributed by atoms with Gasteiger partial charge in [-0.2, -0.15) is 16.3 Å². The van der Waals surface area contributed by atoms with Crippen LogP contribution < -0.4 is 10.7 Å². The predicted octanol–water partition coefficient (Wildman–Crippen LogP) is 3.06. The number of thiophene rings is 1. The van der Waals surface area contributed by atoms with Crippen molar-refractivity contribution in [2.24, 2.45) is 0 Å². The van der Waals surface area contributed by atoms with Crippen molar-refractivity contribution in [1.82, 2.24) is 15.8 Å². The number of imide groups is 1. The molecule has 0 aromatic carbocycles. The van der Waals surface area contributed by atoms with E-state index in [0.29, 0.717) is 12.0 Å². The summed E-state index contributed by atoms with van der Waals surface area (Å²) in [6.07, 6.45) is 5.96. The number of rotatable bonds is 8. The fourth-order valence-corrected chi connectivity index (χ4v) is 3.23. The highest BCUT2D eigenvalue weighted by Gasteiger charge is 2.48. The van der Waals surface area contributed by atoms with Gasteiger partial charge in [0.2, 0.25) is 0 Å². The van der Waals surface area contributed by atoms with Crippen LogP contribution in [0.2, 0.25) is 0 Å². The first-order valence-corrected chi connectivity index (χ1v) is 8.92. The van der Waals surface area contributed by atoms with Gasteiger partial charge in [0, 0.05) is 5.38 Å². The minimum atomic E-state index is -0.939. The first-order valence-electron chi connectivity index (χ1n) is 7.98. The Bertz CT molecular complexity index is 573. The number of amides is 4. The van der Waals surface area contributed by atoms with Crippen molar-refractivity contribution in [2.45, 2.75) is 57.9 Å². The molecule has 0 saturated carbocycles. The minimum absolute atomic E-state index is 0.401. The molecule has 126 valence electrons. The van der Waals surface area contributed by atoms with Crippen LogP contribution in [0.3, 0.4) is 0 Å². The molecule has 0 bridgehead atoms. The topological polar surface area (TPSA) is 78.5 Å². The van der Waals surface area contributed by atoms with Crippen molar-refractivity contribution in [3.05, 3.63) is 22.4 Å². The highest BCUT2D eigenvalue weighted by atomic mass is 32.1. The molecule has 1 aromatic rings. The second-order valence-corrected chi connectivity index (χ2v) is 6.80. The Hall–Kier alpha value is -1.89. The summed E-state index contributed by atoms with van der Waals surface area (Å²) in [5.74, 6) is -0.858. The van der Waals surface area contributed by atoms with Gasteiger partial charge in [-0.05, 0) is 24.8 Å². The van der Waals surface area contributed by atoms with Gasteiger partial charge in [0.05, 0.1) is 5.56 Å². The highest BCUT2D eigenvalue weighted by molar-refractivity contribution is 7.08. The fourth-order valence-electron chi connectivity index (χ4n) is 2.60. The molecular formula is C16H23N3O3S. The smallest absolute Gasteiger partial charge is 0.322 e. The van der Waals surface area contributed by atoms with Crippen LogP contribution in [0.5, 0.6) is 0 Å². The first-order chi connectivity index (χ1) is 11.0. The van der Waals surface area contributed by atoms with Crippen LogP contribution in [0.1, 0.15) is 62.7 Å². The van der Waals surface area contributed by atoms with E-state index in [-0.39, 0.29) is 0 Å². The van der Waals surface area contributed by atoms with E-state index in [1.807, 2.05) is 0 Å². The molecule has 1 saturated heterocycles. The highest BCUT2D eigenvalue weighted by Crippen LogP contribution is 2.23. The molecule has 6 nitrogen and oxygen atoms in total. The Morgan fingerprint density at radius 2 is 2.04 bits per heavy atom. The summed E-state index contributed by atoms with van der Waals surface area (Å²) in [6, 6.07) is 1.07. The largest absolute Gasteiger partial charge is 0.344 e. The van der Waals surface area contributed by atoms with Gasteiger partial charge in [0.15, 0.2) is 0 Å². The maximum atomic E-state index is 12.5. The number of carbonyl (C=O) groups excluding carboxylic acids is 3. The standard InChI is InChI=1S/C16H23N3O3S/c1-3-4-5-6-7-9-16(2)14(21)19(15(22)17-16)18-13(20)12-8-10-23-11-12/h8,10-11H,3-7,9H2,1-2H3,(H,17,22)(H,18,20)/t16-/m0/s1. The van der Waals surface area contributed by atoms with Crippen molar-refractivity contribution >= 4 is 29.2 Å². The Morgan fingerprint density at radius 1 is 1.30 bits per heavy atom. The van der Waals surface area contributed by atoms with E-state index in [4.69, 9.17) is 0 Å². The van der Waals surface area contributed by atoms with Gasteiger partial charge in [0.25, 0.3) is 11.8 Å². The molecule has 1 aliphatic heterocycles. The molecule has 2 N–H and O–H groups in total. The number of carbonyl (C=O) groups is 3. The summed E-state index contributed by atoms with van der Waals surface area (Å²) in [4.78, 5) is 36.5. The van der Waals surface area contributed by atoms with Crippen LogP contribution in [0.4, 0.5) is 4.79 Å². The Labute approximate surface area is 140 Å². The Morgan fingerprint density at radius 3 is 2.70 bits per heavy atom. The van der Waals surface area contributed by atoms with Gasteiger partial charge in [-0.15, -0.1) is 0 Å². The van der Waals surface area contributed by atoms with E-state index in [0.717, 1.165) is 30.7 Å². The molecule has 1 aromatic heterocycles. The van der Waals surface area contributed by atoms with Crippen molar-refractivity contribution in [2.75, 3.05) is 0 Å². The van der Waals surface area contributed by atoms with Crippen LogP contribution in [0.25, 0.3) is 0 Å². The van der Waals surface area contributed by atoms with Crippen molar-refractivity contribution in [1.29, 1.82) is 0 Å². The lowest BCUT2D eigenvalue weighted by atomic mass is 9.94. The lowest BCUT2D eigenvalue weighted by Gasteiger charge is -2.21. The summed E-state index contributed by atoms with van der Waals surface area (Å²) in [6.45, 7) is 3.86. The molecule has 2 heterocycles. The third kappa shape index (κ3) is 4.10. The van der Waals surface area contributed by atoms with Crippen molar-refractivity contribution in [3.63, 3.8) is 0 Å². The van der Waals surface area contributed by atoms with E-state index in [1.165, 1.54) is 17.8 Å². The Balaban J connectivity index is 1.92. The zero-order valence-electron chi connectivity index (χ0n) is 13.6. The van der Waals surface area contributed by atoms with Gasteiger partial charge in [-0.25, -0.2) is 4.79 Å². The van der Waals surface area contributed by atoms with E-state index in [1.54, 1.807) is 23.8 Å². The molecule has 23 heavy (non-hydrogen) atoms. The Kier molecular flexibility index (Phi) is 5.76. The average Bonchev–Trinajstić information content (AvgIpc) is 3.11. The number of nitrogens with zero attached hydrogens (tertiary/aromatic N) is 1. The van der Waals surface area contributed by atoms with E-state index in [9.17, 15) is 14.4 Å². The molecule has 0 radical (unpaired) electrons. The quantitative estimate of drug-likeness (QED) is 0.565. The van der Waals surface area contributed by atoms with Crippen LogP contribution >= 0.6 is 11.3 Å². The molecule has 1 aliphatic rings. The summed E-state index contributed by atoms with van der Waals surface area (Å²) >= 11 is 1.38. The molecule has 2 rings (SSSR count). The first kappa shape index (κ1) is 17.5. The third-order valence-corrected chi connectivity index (χ3v) is 4.72. The number of unbranched alkanes of at least 4 members (excludes halogenated alkanes) is 4. The SMILES string of the molecule is CCCCCCC[C@]1(C)NC(=O)N(NC(=O)c2ccsc2)C1=O. The van der Waals surface area contributed by atoms with Crippen LogP contribution in [0.15, 0.2) is 16.8 Å². The number of hydrogen-bond donors (Lipinski definition) is 2. The fraction of sp³-hybridized carbons (Fsp3) is 0.562. The van der Waals surface area contributed by atoms with Crippen LogP contribution in [-0.4, -0.2) is 28.4 Å². The van der Waals surface area contributed by atoms with E-state index in [2.05, 4.69) is 17.7 Å². The molecule has 0 unspecified atom stereocenters. The maximum Gasteiger partial charge on any atom is 0.344 e. The van der Waals surface area contributed by atoms with Gasteiger partial charge in [-0.3, -0.25) is 15.0 Å². The second kappa shape index (κ2) is 7.59. The molecule has 7 heteroatoms. The van der Waals surface area contributed by atoms with Gasteiger partial charge in [-0.1, -0.05) is 39.0 Å². The van der Waals surface area contributed by atoms with Gasteiger partial charge >= 0.3 is 6.03 Å². The van der Waals surface area contributed by atoms with Crippen LogP contribution in [0, 0.1) is 0 Å². The summed E-state index contributed by atoms with van der Waals surface area (Å²) in [5, 5.41) is 6.93. The van der Waals surface area contributed by atoms with Crippen molar-refractivity contribution in [3.8, 4) is 0 Å². The lowest BCUT2D eigenvalue weighted by Crippen LogP contribution is -2.48. The zero-order chi connectivity index (χ0) is 16.9. The molecule has 1 atom stereocenters. The second-order valence-electron chi connectivity index (χ2n) is 6.02. The summed E-state index contributed by atoms with van der Waals surface area (Å²) in [7, 11) is 0. The van der Waals surface area contributed by atoms with Gasteiger partial charge in [0.1, 0.15) is 5.54 Å².